The van der Waals surface area contributed by atoms with Crippen molar-refractivity contribution in [1.29, 1.82) is 0 Å². The largest absolute Gasteiger partial charge is 0.338 e. The second kappa shape index (κ2) is 8.80. The average Bonchev–Trinajstić information content (AvgIpc) is 3.08. The van der Waals surface area contributed by atoms with Crippen molar-refractivity contribution in [3.05, 3.63) is 54.3 Å². The third-order valence-electron chi connectivity index (χ3n) is 4.79. The third-order valence-corrected chi connectivity index (χ3v) is 6.61. The number of nitrogens with one attached hydrogen (secondary N) is 2. The van der Waals surface area contributed by atoms with Gasteiger partial charge in [-0.25, -0.2) is 21.9 Å². The van der Waals surface area contributed by atoms with Crippen LogP contribution in [0.2, 0.25) is 0 Å². The number of carbonyl (C=O) groups excluding carboxylic acids is 2. The predicted molar refractivity (Wildman–Crippen MR) is 111 cm³/mol. The van der Waals surface area contributed by atoms with Gasteiger partial charge in [0.1, 0.15) is 5.82 Å². The van der Waals surface area contributed by atoms with Crippen LogP contribution in [0.1, 0.15) is 6.42 Å². The molecule has 0 saturated carbocycles. The molecule has 0 aliphatic carbocycles. The minimum atomic E-state index is -3.53. The van der Waals surface area contributed by atoms with Gasteiger partial charge in [0.2, 0.25) is 15.9 Å². The molecule has 30 heavy (non-hydrogen) atoms. The Hall–Kier alpha value is -2.98. The van der Waals surface area contributed by atoms with Crippen LogP contribution in [-0.2, 0) is 14.8 Å². The van der Waals surface area contributed by atoms with Gasteiger partial charge in [-0.2, -0.15) is 0 Å². The highest BCUT2D eigenvalue weighted by atomic mass is 32.2. The highest BCUT2D eigenvalue weighted by Gasteiger charge is 2.30. The van der Waals surface area contributed by atoms with Gasteiger partial charge in [0.05, 0.1) is 4.90 Å². The van der Waals surface area contributed by atoms with Crippen molar-refractivity contribution in [2.24, 2.45) is 5.92 Å². The molecular formula is C20H23FN4O4S. The fraction of sp³-hybridized carbons (Fsp3) is 0.300. The minimum Gasteiger partial charge on any atom is -0.338 e. The Balaban J connectivity index is 1.51. The second-order valence-corrected chi connectivity index (χ2v) is 9.35. The van der Waals surface area contributed by atoms with Gasteiger partial charge in [-0.15, -0.1) is 0 Å². The molecule has 2 N–H and O–H groups in total. The normalized spacial score (nSPS) is 16.7. The first-order chi connectivity index (χ1) is 14.2. The lowest BCUT2D eigenvalue weighted by molar-refractivity contribution is -0.117. The van der Waals surface area contributed by atoms with E-state index in [1.807, 2.05) is 0 Å². The summed E-state index contributed by atoms with van der Waals surface area (Å²) in [7, 11) is -0.643. The van der Waals surface area contributed by atoms with Crippen molar-refractivity contribution in [2.45, 2.75) is 11.3 Å². The van der Waals surface area contributed by atoms with E-state index in [9.17, 15) is 22.4 Å². The Morgan fingerprint density at radius 3 is 2.37 bits per heavy atom. The molecule has 1 heterocycles. The molecule has 1 atom stereocenters. The molecule has 1 saturated heterocycles. The van der Waals surface area contributed by atoms with Crippen LogP contribution in [0.15, 0.2) is 53.4 Å². The van der Waals surface area contributed by atoms with Crippen LogP contribution in [0.5, 0.6) is 0 Å². The van der Waals surface area contributed by atoms with Gasteiger partial charge in [-0.3, -0.25) is 4.79 Å². The summed E-state index contributed by atoms with van der Waals surface area (Å²) in [6.07, 6.45) is 0.286. The molecule has 8 nitrogen and oxygen atoms in total. The second-order valence-electron chi connectivity index (χ2n) is 7.20. The third kappa shape index (κ3) is 4.95. The highest BCUT2D eigenvalue weighted by Crippen LogP contribution is 2.25. The number of sulfonamides is 1. The molecule has 3 amide bonds. The summed E-state index contributed by atoms with van der Waals surface area (Å²) in [6.45, 7) is 0.726. The first-order valence-corrected chi connectivity index (χ1v) is 10.7. The first-order valence-electron chi connectivity index (χ1n) is 9.30. The van der Waals surface area contributed by atoms with Gasteiger partial charge in [0, 0.05) is 50.9 Å². The Kier molecular flexibility index (Phi) is 6.37. The van der Waals surface area contributed by atoms with E-state index in [-0.39, 0.29) is 29.0 Å². The van der Waals surface area contributed by atoms with Crippen LogP contribution in [-0.4, -0.2) is 51.8 Å². The van der Waals surface area contributed by atoms with Gasteiger partial charge < -0.3 is 15.5 Å². The maximum atomic E-state index is 13.1. The van der Waals surface area contributed by atoms with E-state index < -0.39 is 16.1 Å². The molecule has 1 fully saturated rings. The number of urea groups is 1. The maximum Gasteiger partial charge on any atom is 0.319 e. The number of halogens is 1. The van der Waals surface area contributed by atoms with Crippen LogP contribution in [0, 0.1) is 11.7 Å². The lowest BCUT2D eigenvalue weighted by atomic mass is 10.1. The summed E-state index contributed by atoms with van der Waals surface area (Å²) in [5, 5.41) is 5.36. The topological polar surface area (TPSA) is 98.8 Å². The zero-order valence-electron chi connectivity index (χ0n) is 16.6. The van der Waals surface area contributed by atoms with Crippen molar-refractivity contribution >= 4 is 33.3 Å². The summed E-state index contributed by atoms with van der Waals surface area (Å²) in [4.78, 5) is 26.1. The molecule has 10 heteroatoms. The van der Waals surface area contributed by atoms with E-state index in [4.69, 9.17) is 0 Å². The van der Waals surface area contributed by atoms with Crippen molar-refractivity contribution < 1.29 is 22.4 Å². The van der Waals surface area contributed by atoms with Gasteiger partial charge in [-0.05, 0) is 48.5 Å². The lowest BCUT2D eigenvalue weighted by Crippen LogP contribution is -2.34. The molecule has 160 valence electrons. The van der Waals surface area contributed by atoms with Crippen molar-refractivity contribution in [1.82, 2.24) is 9.62 Å². The standard InChI is InChI=1S/C20H23FN4O4S/c1-24(2)30(28,29)18-9-5-16(6-10-18)23-20(27)22-12-14-11-19(26)25(13-14)17-7-3-15(21)4-8-17/h3-10,14H,11-13H2,1-2H3,(H2,22,23,27). The number of amides is 3. The van der Waals surface area contributed by atoms with Gasteiger partial charge in [0.25, 0.3) is 0 Å². The van der Waals surface area contributed by atoms with Crippen LogP contribution in [0.25, 0.3) is 0 Å². The molecule has 1 unspecified atom stereocenters. The smallest absolute Gasteiger partial charge is 0.319 e. The maximum absolute atomic E-state index is 13.1. The van der Waals surface area contributed by atoms with E-state index in [1.165, 1.54) is 50.5 Å². The number of nitrogens with zero attached hydrogens (tertiary/aromatic N) is 2. The molecule has 0 radical (unpaired) electrons. The summed E-state index contributed by atoms with van der Waals surface area (Å²) in [6, 6.07) is 11.1. The zero-order chi connectivity index (χ0) is 21.9. The number of hydrogen-bond donors (Lipinski definition) is 2. The molecule has 2 aromatic carbocycles. The molecule has 3 rings (SSSR count). The molecule has 1 aliphatic heterocycles. The Labute approximate surface area is 174 Å². The zero-order valence-corrected chi connectivity index (χ0v) is 17.4. The SMILES string of the molecule is CN(C)S(=O)(=O)c1ccc(NC(=O)NCC2CC(=O)N(c3ccc(F)cc3)C2)cc1. The van der Waals surface area contributed by atoms with E-state index >= 15 is 0 Å². The number of anilines is 2. The monoisotopic (exact) mass is 434 g/mol. The number of rotatable bonds is 6. The summed E-state index contributed by atoms with van der Waals surface area (Å²) >= 11 is 0. The van der Waals surface area contributed by atoms with Crippen LogP contribution in [0.4, 0.5) is 20.6 Å². The number of carbonyl (C=O) groups is 2. The van der Waals surface area contributed by atoms with E-state index in [0.29, 0.717) is 24.5 Å². The van der Waals surface area contributed by atoms with Crippen LogP contribution in [0.3, 0.4) is 0 Å². The number of hydrogen-bond acceptors (Lipinski definition) is 4. The molecule has 0 spiro atoms. The molecular weight excluding hydrogens is 411 g/mol. The van der Waals surface area contributed by atoms with Gasteiger partial charge >= 0.3 is 6.03 Å². The quantitative estimate of drug-likeness (QED) is 0.729. The Morgan fingerprint density at radius 2 is 1.77 bits per heavy atom. The predicted octanol–water partition coefficient (Wildman–Crippen LogP) is 2.25. The van der Waals surface area contributed by atoms with Crippen molar-refractivity contribution in [2.75, 3.05) is 37.4 Å². The van der Waals surface area contributed by atoms with E-state index in [0.717, 1.165) is 4.31 Å². The molecule has 2 aromatic rings. The summed E-state index contributed by atoms with van der Waals surface area (Å²) in [5.41, 5.74) is 1.07. The summed E-state index contributed by atoms with van der Waals surface area (Å²) < 4.78 is 38.3. The molecule has 0 bridgehead atoms. The fourth-order valence-corrected chi connectivity index (χ4v) is 4.02. The average molecular weight is 434 g/mol. The molecule has 0 aromatic heterocycles. The lowest BCUT2D eigenvalue weighted by Gasteiger charge is -2.17. The number of benzene rings is 2. The first kappa shape index (κ1) is 21.7. The Bertz CT molecular complexity index is 1020. The molecule has 1 aliphatic rings. The van der Waals surface area contributed by atoms with Gasteiger partial charge in [-0.1, -0.05) is 0 Å². The highest BCUT2D eigenvalue weighted by molar-refractivity contribution is 7.89. The van der Waals surface area contributed by atoms with Crippen molar-refractivity contribution in [3.8, 4) is 0 Å². The van der Waals surface area contributed by atoms with E-state index in [2.05, 4.69) is 10.6 Å². The van der Waals surface area contributed by atoms with E-state index in [1.54, 1.807) is 17.0 Å². The Morgan fingerprint density at radius 1 is 1.13 bits per heavy atom. The minimum absolute atomic E-state index is 0.0686. The van der Waals surface area contributed by atoms with Gasteiger partial charge in [0.15, 0.2) is 0 Å². The van der Waals surface area contributed by atoms with Crippen LogP contribution >= 0.6 is 0 Å². The fourth-order valence-electron chi connectivity index (χ4n) is 3.12. The van der Waals surface area contributed by atoms with Crippen molar-refractivity contribution in [3.63, 3.8) is 0 Å². The van der Waals surface area contributed by atoms with Crippen LogP contribution < -0.4 is 15.5 Å². The summed E-state index contributed by atoms with van der Waals surface area (Å²) in [5.74, 6) is -0.514.